The lowest BCUT2D eigenvalue weighted by atomic mass is 10.3. The zero-order valence-corrected chi connectivity index (χ0v) is 10.3. The molecule has 0 heterocycles. The standard InChI is InChI=1S/C9H19NO3Si/c1-4-9(10-8-11)7-14(12-5-2)13-6-3/h9,14H,4-7H2,1-3H3. The van der Waals surface area contributed by atoms with Crippen LogP contribution in [-0.4, -0.2) is 34.6 Å². The summed E-state index contributed by atoms with van der Waals surface area (Å²) in [5.74, 6) is 0. The van der Waals surface area contributed by atoms with Crippen LogP contribution in [0.5, 0.6) is 0 Å². The summed E-state index contributed by atoms with van der Waals surface area (Å²) in [5, 5.41) is 0. The largest absolute Gasteiger partial charge is 0.397 e. The number of nitrogens with zero attached hydrogens (tertiary/aromatic N) is 1. The van der Waals surface area contributed by atoms with Crippen molar-refractivity contribution in [2.24, 2.45) is 4.99 Å². The molecule has 0 aliphatic heterocycles. The third-order valence-corrected chi connectivity index (χ3v) is 4.22. The Morgan fingerprint density at radius 2 is 1.86 bits per heavy atom. The van der Waals surface area contributed by atoms with Gasteiger partial charge in [-0.15, -0.1) is 0 Å². The molecule has 1 unspecified atom stereocenters. The number of carbonyl (C=O) groups excluding carboxylic acids is 1. The number of aliphatic imine (C=N–C) groups is 1. The normalized spacial score (nSPS) is 12.6. The van der Waals surface area contributed by atoms with E-state index in [9.17, 15) is 4.79 Å². The molecule has 14 heavy (non-hydrogen) atoms. The molecule has 5 heteroatoms. The van der Waals surface area contributed by atoms with Gasteiger partial charge >= 0.3 is 9.28 Å². The van der Waals surface area contributed by atoms with Gasteiger partial charge in [0.05, 0.1) is 6.04 Å². The van der Waals surface area contributed by atoms with Gasteiger partial charge in [-0.2, -0.15) is 0 Å². The van der Waals surface area contributed by atoms with Crippen molar-refractivity contribution < 1.29 is 13.6 Å². The van der Waals surface area contributed by atoms with Crippen LogP contribution in [0.2, 0.25) is 6.04 Å². The first-order valence-corrected chi connectivity index (χ1v) is 6.84. The lowest BCUT2D eigenvalue weighted by Gasteiger charge is -2.17. The predicted octanol–water partition coefficient (Wildman–Crippen LogP) is 1.39. The predicted molar refractivity (Wildman–Crippen MR) is 57.4 cm³/mol. The molecule has 0 aliphatic rings. The molecule has 4 nitrogen and oxygen atoms in total. The Bertz CT molecular complexity index is 177. The number of isocyanates is 1. The summed E-state index contributed by atoms with van der Waals surface area (Å²) in [6.07, 6.45) is 2.43. The zero-order valence-electron chi connectivity index (χ0n) is 9.16. The van der Waals surface area contributed by atoms with E-state index in [0.29, 0.717) is 13.2 Å². The van der Waals surface area contributed by atoms with Crippen LogP contribution in [0.1, 0.15) is 27.2 Å². The maximum absolute atomic E-state index is 10.1. The maximum atomic E-state index is 10.1. The monoisotopic (exact) mass is 217 g/mol. The van der Waals surface area contributed by atoms with E-state index in [-0.39, 0.29) is 6.04 Å². The molecule has 0 radical (unpaired) electrons. The van der Waals surface area contributed by atoms with E-state index in [0.717, 1.165) is 12.5 Å². The molecule has 82 valence electrons. The van der Waals surface area contributed by atoms with Gasteiger partial charge in [0.2, 0.25) is 6.08 Å². The molecule has 0 aromatic heterocycles. The second kappa shape index (κ2) is 9.09. The second-order valence-electron chi connectivity index (χ2n) is 2.86. The first-order valence-electron chi connectivity index (χ1n) is 5.08. The van der Waals surface area contributed by atoms with Crippen molar-refractivity contribution in [1.82, 2.24) is 0 Å². The minimum atomic E-state index is -1.61. The summed E-state index contributed by atoms with van der Waals surface area (Å²) in [4.78, 5) is 13.8. The lowest BCUT2D eigenvalue weighted by Crippen LogP contribution is -2.27. The van der Waals surface area contributed by atoms with E-state index < -0.39 is 9.28 Å². The van der Waals surface area contributed by atoms with E-state index in [1.807, 2.05) is 20.8 Å². The van der Waals surface area contributed by atoms with E-state index in [1.54, 1.807) is 6.08 Å². The Labute approximate surface area is 87.2 Å². The third kappa shape index (κ3) is 6.04. The molecule has 0 spiro atoms. The topological polar surface area (TPSA) is 47.9 Å². The van der Waals surface area contributed by atoms with E-state index >= 15 is 0 Å². The SMILES string of the molecule is CCO[SiH](CC(CC)N=C=O)OCC. The van der Waals surface area contributed by atoms with Crippen LogP contribution < -0.4 is 0 Å². The highest BCUT2D eigenvalue weighted by molar-refractivity contribution is 6.44. The van der Waals surface area contributed by atoms with Gasteiger partial charge in [0.1, 0.15) is 0 Å². The average Bonchev–Trinajstić information content (AvgIpc) is 2.18. The van der Waals surface area contributed by atoms with E-state index in [4.69, 9.17) is 8.85 Å². The van der Waals surface area contributed by atoms with Gasteiger partial charge in [0, 0.05) is 19.3 Å². The van der Waals surface area contributed by atoms with Crippen molar-refractivity contribution in [2.45, 2.75) is 39.3 Å². The van der Waals surface area contributed by atoms with Gasteiger partial charge in [-0.05, 0) is 20.3 Å². The summed E-state index contributed by atoms with van der Waals surface area (Å²) < 4.78 is 11.0. The molecule has 0 N–H and O–H groups in total. The van der Waals surface area contributed by atoms with E-state index in [1.165, 1.54) is 0 Å². The van der Waals surface area contributed by atoms with Crippen molar-refractivity contribution in [2.75, 3.05) is 13.2 Å². The first-order chi connectivity index (χ1) is 6.78. The molecule has 0 aromatic carbocycles. The van der Waals surface area contributed by atoms with Crippen molar-refractivity contribution in [3.05, 3.63) is 0 Å². The number of hydrogen-bond donors (Lipinski definition) is 0. The van der Waals surface area contributed by atoms with Crippen LogP contribution in [0.4, 0.5) is 0 Å². The Morgan fingerprint density at radius 3 is 2.21 bits per heavy atom. The fourth-order valence-electron chi connectivity index (χ4n) is 1.16. The maximum Gasteiger partial charge on any atom is 0.323 e. The van der Waals surface area contributed by atoms with Gasteiger partial charge in [-0.1, -0.05) is 6.92 Å². The number of rotatable bonds is 8. The molecule has 0 aromatic rings. The second-order valence-corrected chi connectivity index (χ2v) is 4.86. The highest BCUT2D eigenvalue weighted by atomic mass is 28.3. The fraction of sp³-hybridized carbons (Fsp3) is 0.889. The summed E-state index contributed by atoms with van der Waals surface area (Å²) >= 11 is 0. The minimum absolute atomic E-state index is 0.0160. The molecular formula is C9H19NO3Si. The van der Waals surface area contributed by atoms with Crippen LogP contribution in [0.25, 0.3) is 0 Å². The smallest absolute Gasteiger partial charge is 0.323 e. The average molecular weight is 217 g/mol. The van der Waals surface area contributed by atoms with Crippen LogP contribution in [-0.2, 0) is 13.6 Å². The van der Waals surface area contributed by atoms with Crippen LogP contribution in [0.3, 0.4) is 0 Å². The Hall–Kier alpha value is -0.483. The first kappa shape index (κ1) is 13.5. The molecule has 0 aliphatic carbocycles. The van der Waals surface area contributed by atoms with Crippen LogP contribution in [0, 0.1) is 0 Å². The molecule has 0 fully saturated rings. The van der Waals surface area contributed by atoms with Crippen molar-refractivity contribution >= 4 is 15.4 Å². The number of hydrogen-bond acceptors (Lipinski definition) is 4. The highest BCUT2D eigenvalue weighted by Gasteiger charge is 2.17. The van der Waals surface area contributed by atoms with Gasteiger partial charge in [0.25, 0.3) is 0 Å². The van der Waals surface area contributed by atoms with Crippen LogP contribution >= 0.6 is 0 Å². The lowest BCUT2D eigenvalue weighted by molar-refractivity contribution is 0.211. The van der Waals surface area contributed by atoms with E-state index in [2.05, 4.69) is 4.99 Å². The fourth-order valence-corrected chi connectivity index (χ4v) is 3.16. The third-order valence-electron chi connectivity index (χ3n) is 1.88. The molecule has 1 atom stereocenters. The Balaban J connectivity index is 4.02. The summed E-state index contributed by atoms with van der Waals surface area (Å²) in [6, 6.07) is 0.773. The quantitative estimate of drug-likeness (QED) is 0.351. The molecule has 0 rings (SSSR count). The van der Waals surface area contributed by atoms with Crippen molar-refractivity contribution in [3.63, 3.8) is 0 Å². The van der Waals surface area contributed by atoms with Gasteiger partial charge in [-0.3, -0.25) is 0 Å². The molecular weight excluding hydrogens is 198 g/mol. The summed E-state index contributed by atoms with van der Waals surface area (Å²) in [7, 11) is -1.61. The van der Waals surface area contributed by atoms with Gasteiger partial charge < -0.3 is 8.85 Å². The highest BCUT2D eigenvalue weighted by Crippen LogP contribution is 2.09. The van der Waals surface area contributed by atoms with Gasteiger partial charge in [0.15, 0.2) is 0 Å². The minimum Gasteiger partial charge on any atom is -0.397 e. The van der Waals surface area contributed by atoms with Crippen LogP contribution in [0.15, 0.2) is 4.99 Å². The summed E-state index contributed by atoms with van der Waals surface area (Å²) in [5.41, 5.74) is 0. The molecule has 0 bridgehead atoms. The molecule has 0 amide bonds. The zero-order chi connectivity index (χ0) is 10.8. The van der Waals surface area contributed by atoms with Gasteiger partial charge in [-0.25, -0.2) is 9.79 Å². The van der Waals surface area contributed by atoms with Crippen molar-refractivity contribution in [3.8, 4) is 0 Å². The molecule has 0 saturated heterocycles. The molecule has 0 saturated carbocycles. The van der Waals surface area contributed by atoms with Crippen molar-refractivity contribution in [1.29, 1.82) is 0 Å². The Kier molecular flexibility index (Phi) is 8.77. The Morgan fingerprint density at radius 1 is 1.29 bits per heavy atom. The summed E-state index contributed by atoms with van der Waals surface area (Å²) in [6.45, 7) is 7.22.